The van der Waals surface area contributed by atoms with Crippen LogP contribution in [-0.4, -0.2) is 28.9 Å². The number of ether oxygens (including phenoxy) is 1. The molecule has 4 heteroatoms. The second-order valence-corrected chi connectivity index (χ2v) is 8.56. The molecule has 0 unspecified atom stereocenters. The number of carbonyl (C=O) groups excluding carboxylic acids is 1. The molecule has 3 aromatic rings. The predicted octanol–water partition coefficient (Wildman–Crippen LogP) is 6.05. The van der Waals surface area contributed by atoms with Crippen LogP contribution in [0.5, 0.6) is 11.5 Å². The Kier molecular flexibility index (Phi) is 5.78. The Morgan fingerprint density at radius 2 is 1.53 bits per heavy atom. The largest absolute Gasteiger partial charge is 0.507 e. The van der Waals surface area contributed by atoms with Gasteiger partial charge in [-0.05, 0) is 60.8 Å². The number of nitrogens with zero attached hydrogens (tertiary/aromatic N) is 1. The van der Waals surface area contributed by atoms with Crippen LogP contribution in [0.15, 0.2) is 72.5 Å². The summed E-state index contributed by atoms with van der Waals surface area (Å²) in [6.45, 7) is 2.61. The average molecular weight is 426 g/mol. The molecule has 2 aliphatic heterocycles. The van der Waals surface area contributed by atoms with Gasteiger partial charge in [-0.1, -0.05) is 67.4 Å². The number of likely N-dealkylation sites (tertiary alicyclic amines) is 1. The molecule has 0 saturated carbocycles. The third-order valence-electron chi connectivity index (χ3n) is 6.31. The van der Waals surface area contributed by atoms with Crippen molar-refractivity contribution in [3.05, 3.63) is 89.2 Å². The Hall–Kier alpha value is -3.37. The molecule has 162 valence electrons. The fraction of sp³-hybridized carbons (Fsp3) is 0.250. The molecule has 2 heterocycles. The van der Waals surface area contributed by atoms with Crippen molar-refractivity contribution in [3.63, 3.8) is 0 Å². The zero-order valence-corrected chi connectivity index (χ0v) is 18.1. The van der Waals surface area contributed by atoms with Crippen LogP contribution in [0.4, 0.5) is 0 Å². The number of allylic oxidation sites excluding steroid dienone is 1. The summed E-state index contributed by atoms with van der Waals surface area (Å²) in [6.07, 6.45) is 6.61. The van der Waals surface area contributed by atoms with Gasteiger partial charge in [0.15, 0.2) is 5.76 Å². The van der Waals surface area contributed by atoms with E-state index < -0.39 is 0 Å². The van der Waals surface area contributed by atoms with E-state index in [1.165, 1.54) is 25.7 Å². The van der Waals surface area contributed by atoms with Crippen molar-refractivity contribution in [1.82, 2.24) is 4.90 Å². The quantitative estimate of drug-likeness (QED) is 0.517. The van der Waals surface area contributed by atoms with Gasteiger partial charge in [0, 0.05) is 6.54 Å². The monoisotopic (exact) mass is 425 g/mol. The first-order chi connectivity index (χ1) is 15.7. The van der Waals surface area contributed by atoms with Crippen molar-refractivity contribution < 1.29 is 14.6 Å². The lowest BCUT2D eigenvalue weighted by Crippen LogP contribution is -2.24. The molecule has 1 saturated heterocycles. The number of benzene rings is 3. The van der Waals surface area contributed by atoms with Crippen molar-refractivity contribution in [2.24, 2.45) is 0 Å². The van der Waals surface area contributed by atoms with Crippen LogP contribution in [0.2, 0.25) is 0 Å². The van der Waals surface area contributed by atoms with Crippen LogP contribution in [0.3, 0.4) is 0 Å². The number of ketones is 1. The van der Waals surface area contributed by atoms with E-state index in [-0.39, 0.29) is 11.5 Å². The van der Waals surface area contributed by atoms with Crippen molar-refractivity contribution >= 4 is 11.9 Å². The molecule has 4 nitrogen and oxygen atoms in total. The number of phenols is 1. The molecule has 3 aromatic carbocycles. The summed E-state index contributed by atoms with van der Waals surface area (Å²) in [7, 11) is 0. The first-order valence-corrected chi connectivity index (χ1v) is 11.4. The lowest BCUT2D eigenvalue weighted by Gasteiger charge is -2.21. The summed E-state index contributed by atoms with van der Waals surface area (Å²) in [5.74, 6) is 0.861. The minimum atomic E-state index is -0.135. The van der Waals surface area contributed by atoms with E-state index in [0.29, 0.717) is 29.2 Å². The summed E-state index contributed by atoms with van der Waals surface area (Å²) < 4.78 is 6.05. The summed E-state index contributed by atoms with van der Waals surface area (Å²) in [6, 6.07) is 21.5. The molecule has 2 aliphatic rings. The number of carbonyl (C=O) groups is 1. The number of hydrogen-bond donors (Lipinski definition) is 1. The number of fused-ring (bicyclic) bond motifs is 1. The van der Waals surface area contributed by atoms with Gasteiger partial charge in [-0.25, -0.2) is 0 Å². The van der Waals surface area contributed by atoms with E-state index in [0.717, 1.165) is 29.8 Å². The van der Waals surface area contributed by atoms with E-state index in [9.17, 15) is 9.90 Å². The summed E-state index contributed by atoms with van der Waals surface area (Å²) in [4.78, 5) is 15.4. The zero-order valence-electron chi connectivity index (χ0n) is 18.1. The van der Waals surface area contributed by atoms with E-state index >= 15 is 0 Å². The van der Waals surface area contributed by atoms with Gasteiger partial charge < -0.3 is 9.84 Å². The van der Waals surface area contributed by atoms with Crippen LogP contribution in [0.25, 0.3) is 17.2 Å². The molecular weight excluding hydrogens is 398 g/mol. The highest BCUT2D eigenvalue weighted by atomic mass is 16.5. The second-order valence-electron chi connectivity index (χ2n) is 8.56. The molecular formula is C28H27NO3. The average Bonchev–Trinajstić information content (AvgIpc) is 2.98. The Labute approximate surface area is 188 Å². The van der Waals surface area contributed by atoms with E-state index in [1.807, 2.05) is 42.5 Å². The molecule has 5 rings (SSSR count). The summed E-state index contributed by atoms with van der Waals surface area (Å²) in [5, 5.41) is 10.5. The maximum Gasteiger partial charge on any atom is 0.231 e. The molecule has 0 atom stereocenters. The Morgan fingerprint density at radius 3 is 2.25 bits per heavy atom. The Balaban J connectivity index is 1.39. The predicted molar refractivity (Wildman–Crippen MR) is 127 cm³/mol. The van der Waals surface area contributed by atoms with Gasteiger partial charge in [-0.2, -0.15) is 0 Å². The maximum atomic E-state index is 13.0. The van der Waals surface area contributed by atoms with E-state index in [2.05, 4.69) is 17.0 Å². The summed E-state index contributed by atoms with van der Waals surface area (Å²) >= 11 is 0. The van der Waals surface area contributed by atoms with Gasteiger partial charge in [0.1, 0.15) is 11.5 Å². The molecule has 0 aliphatic carbocycles. The lowest BCUT2D eigenvalue weighted by atomic mass is 10.0. The number of phenolic OH excluding ortho intramolecular Hbond substituents is 1. The highest BCUT2D eigenvalue weighted by Crippen LogP contribution is 2.40. The van der Waals surface area contributed by atoms with Crippen molar-refractivity contribution in [1.29, 1.82) is 0 Å². The molecule has 0 aromatic heterocycles. The fourth-order valence-corrected chi connectivity index (χ4v) is 4.52. The summed E-state index contributed by atoms with van der Waals surface area (Å²) in [5.41, 5.74) is 4.42. The van der Waals surface area contributed by atoms with Crippen LogP contribution in [0.1, 0.15) is 47.2 Å². The highest BCUT2D eigenvalue weighted by Gasteiger charge is 2.31. The van der Waals surface area contributed by atoms with Crippen LogP contribution < -0.4 is 4.74 Å². The lowest BCUT2D eigenvalue weighted by molar-refractivity contribution is 0.101. The molecule has 0 spiro atoms. The third-order valence-corrected chi connectivity index (χ3v) is 6.31. The number of hydrogen-bond acceptors (Lipinski definition) is 4. The van der Waals surface area contributed by atoms with Gasteiger partial charge >= 0.3 is 0 Å². The Bertz CT molecular complexity index is 1140. The van der Waals surface area contributed by atoms with Gasteiger partial charge in [0.25, 0.3) is 0 Å². The second kappa shape index (κ2) is 9.01. The Morgan fingerprint density at radius 1 is 0.844 bits per heavy atom. The molecule has 0 bridgehead atoms. The minimum Gasteiger partial charge on any atom is -0.507 e. The molecule has 1 N–H and O–H groups in total. The third kappa shape index (κ3) is 4.19. The highest BCUT2D eigenvalue weighted by molar-refractivity contribution is 6.15. The zero-order chi connectivity index (χ0) is 21.9. The van der Waals surface area contributed by atoms with Crippen molar-refractivity contribution in [3.8, 4) is 22.6 Å². The van der Waals surface area contributed by atoms with Gasteiger partial charge in [-0.3, -0.25) is 9.69 Å². The molecule has 1 fully saturated rings. The molecule has 32 heavy (non-hydrogen) atoms. The van der Waals surface area contributed by atoms with Gasteiger partial charge in [0.05, 0.1) is 11.1 Å². The fourth-order valence-electron chi connectivity index (χ4n) is 4.52. The first kappa shape index (κ1) is 20.5. The number of aromatic hydroxyl groups is 1. The smallest absolute Gasteiger partial charge is 0.231 e. The van der Waals surface area contributed by atoms with E-state index in [1.54, 1.807) is 18.2 Å². The van der Waals surface area contributed by atoms with Crippen LogP contribution in [-0.2, 0) is 6.54 Å². The van der Waals surface area contributed by atoms with E-state index in [4.69, 9.17) is 4.74 Å². The first-order valence-electron chi connectivity index (χ1n) is 11.4. The number of rotatable bonds is 4. The van der Waals surface area contributed by atoms with Crippen LogP contribution >= 0.6 is 0 Å². The van der Waals surface area contributed by atoms with Gasteiger partial charge in [-0.15, -0.1) is 0 Å². The minimum absolute atomic E-state index is 0.135. The maximum absolute atomic E-state index is 13.0. The normalized spacial score (nSPS) is 17.8. The SMILES string of the molecule is O=C1/C(=C/c2ccc(-c3ccccc3)cc2)Oc2c1ccc(O)c2CN1CCCCCC1. The molecule has 0 radical (unpaired) electrons. The van der Waals surface area contributed by atoms with Crippen LogP contribution in [0, 0.1) is 0 Å². The number of Topliss-reactive ketones (excluding diaryl/α,β-unsaturated/α-hetero) is 1. The topological polar surface area (TPSA) is 49.8 Å². The standard InChI is InChI=1S/C28H27NO3/c30-25-15-14-23-27(31)26(32-28(23)24(25)19-29-16-6-1-2-7-17-29)18-20-10-12-22(13-11-20)21-8-4-3-5-9-21/h3-5,8-15,18,30H,1-2,6-7,16-17,19H2/b26-18-. The van der Waals surface area contributed by atoms with Crippen molar-refractivity contribution in [2.45, 2.75) is 32.2 Å². The van der Waals surface area contributed by atoms with Crippen molar-refractivity contribution in [2.75, 3.05) is 13.1 Å². The molecule has 0 amide bonds. The van der Waals surface area contributed by atoms with Gasteiger partial charge in [0.2, 0.25) is 5.78 Å².